The second-order valence-corrected chi connectivity index (χ2v) is 6.33. The van der Waals surface area contributed by atoms with E-state index in [1.54, 1.807) is 12.5 Å². The van der Waals surface area contributed by atoms with E-state index in [2.05, 4.69) is 16.0 Å². The van der Waals surface area contributed by atoms with Crippen LogP contribution in [0.1, 0.15) is 47.7 Å². The van der Waals surface area contributed by atoms with Crippen LogP contribution in [0.5, 0.6) is 0 Å². The van der Waals surface area contributed by atoms with Gasteiger partial charge >= 0.3 is 0 Å². The van der Waals surface area contributed by atoms with Gasteiger partial charge in [0.1, 0.15) is 11.5 Å². The lowest BCUT2D eigenvalue weighted by molar-refractivity contribution is 0.518. The van der Waals surface area contributed by atoms with E-state index in [1.807, 2.05) is 24.3 Å². The van der Waals surface area contributed by atoms with E-state index in [0.717, 1.165) is 55.0 Å². The second kappa shape index (κ2) is 6.97. The van der Waals surface area contributed by atoms with Crippen LogP contribution in [0.4, 0.5) is 5.95 Å². The first-order chi connectivity index (χ1) is 12.3. The summed E-state index contributed by atoms with van der Waals surface area (Å²) in [7, 11) is 0. The summed E-state index contributed by atoms with van der Waals surface area (Å²) in [6.45, 7) is 0. The Morgan fingerprint density at radius 2 is 1.76 bits per heavy atom. The van der Waals surface area contributed by atoms with Crippen LogP contribution in [-0.4, -0.2) is 9.97 Å². The standard InChI is InChI=1S/C20H21N3O2/c21-20-22-18(13-16-7-4-12-25-16)17-8-2-1-5-14(19(17)23-20)9-10-15-6-3-11-24-15/h3-4,6-7,9,11-12H,1-2,5,8,10,13H2,(H2,21,22,23)/b14-9+. The van der Waals surface area contributed by atoms with Crippen LogP contribution in [0.15, 0.2) is 51.7 Å². The van der Waals surface area contributed by atoms with Gasteiger partial charge < -0.3 is 14.6 Å². The van der Waals surface area contributed by atoms with Crippen molar-refractivity contribution < 1.29 is 8.83 Å². The highest BCUT2D eigenvalue weighted by molar-refractivity contribution is 5.67. The monoisotopic (exact) mass is 335 g/mol. The SMILES string of the molecule is Nc1nc(Cc2ccco2)c2c(n1)/C(=C/Cc1ccco1)CCCC2. The Labute approximate surface area is 146 Å². The van der Waals surface area contributed by atoms with Crippen molar-refractivity contribution in [1.29, 1.82) is 0 Å². The highest BCUT2D eigenvalue weighted by atomic mass is 16.3. The molecule has 3 aromatic rings. The number of nitrogens with zero attached hydrogens (tertiary/aromatic N) is 2. The van der Waals surface area contributed by atoms with Crippen LogP contribution in [0.25, 0.3) is 5.57 Å². The highest BCUT2D eigenvalue weighted by Crippen LogP contribution is 2.31. The first-order valence-electron chi connectivity index (χ1n) is 8.69. The molecular formula is C20H21N3O2. The molecule has 2 N–H and O–H groups in total. The number of rotatable bonds is 4. The van der Waals surface area contributed by atoms with Crippen molar-refractivity contribution in [3.05, 3.63) is 71.3 Å². The van der Waals surface area contributed by atoms with Gasteiger partial charge in [-0.15, -0.1) is 0 Å². The molecule has 0 aromatic carbocycles. The number of nitrogens with two attached hydrogens (primary N) is 1. The largest absolute Gasteiger partial charge is 0.469 e. The van der Waals surface area contributed by atoms with Gasteiger partial charge in [-0.2, -0.15) is 0 Å². The maximum absolute atomic E-state index is 6.02. The van der Waals surface area contributed by atoms with E-state index in [-0.39, 0.29) is 0 Å². The molecule has 5 heteroatoms. The Hall–Kier alpha value is -2.82. The molecule has 4 rings (SSSR count). The summed E-state index contributed by atoms with van der Waals surface area (Å²) < 4.78 is 10.9. The first-order valence-corrected chi connectivity index (χ1v) is 8.69. The van der Waals surface area contributed by atoms with Gasteiger partial charge in [0.15, 0.2) is 0 Å². The predicted octanol–water partition coefficient (Wildman–Crippen LogP) is 4.19. The van der Waals surface area contributed by atoms with Crippen molar-refractivity contribution in [3.8, 4) is 0 Å². The van der Waals surface area contributed by atoms with Gasteiger partial charge in [-0.3, -0.25) is 0 Å². The normalized spacial score (nSPS) is 15.9. The summed E-state index contributed by atoms with van der Waals surface area (Å²) >= 11 is 0. The third-order valence-corrected chi connectivity index (χ3v) is 4.59. The minimum absolute atomic E-state index is 0.325. The number of fused-ring (bicyclic) bond motifs is 1. The van der Waals surface area contributed by atoms with Crippen LogP contribution in [-0.2, 0) is 19.3 Å². The molecule has 0 saturated carbocycles. The molecule has 0 fully saturated rings. The Morgan fingerprint density at radius 1 is 1.00 bits per heavy atom. The van der Waals surface area contributed by atoms with Crippen molar-refractivity contribution in [2.45, 2.75) is 38.5 Å². The molecule has 0 unspecified atom stereocenters. The molecule has 0 amide bonds. The van der Waals surface area contributed by atoms with Gasteiger partial charge in [0, 0.05) is 18.4 Å². The zero-order chi connectivity index (χ0) is 17.1. The molecule has 3 aromatic heterocycles. The van der Waals surface area contributed by atoms with E-state index in [4.69, 9.17) is 14.6 Å². The highest BCUT2D eigenvalue weighted by Gasteiger charge is 2.20. The average Bonchev–Trinajstić information content (AvgIpc) is 3.26. The Bertz CT molecular complexity index is 865. The van der Waals surface area contributed by atoms with Gasteiger partial charge in [0.2, 0.25) is 5.95 Å². The fourth-order valence-electron chi connectivity index (χ4n) is 3.39. The van der Waals surface area contributed by atoms with Gasteiger partial charge in [0.05, 0.1) is 23.9 Å². The zero-order valence-corrected chi connectivity index (χ0v) is 14.1. The minimum Gasteiger partial charge on any atom is -0.469 e. The number of nitrogen functional groups attached to an aromatic ring is 1. The van der Waals surface area contributed by atoms with E-state index in [1.165, 1.54) is 11.1 Å². The van der Waals surface area contributed by atoms with Crippen LogP contribution >= 0.6 is 0 Å². The Kier molecular flexibility index (Phi) is 4.37. The summed E-state index contributed by atoms with van der Waals surface area (Å²) in [5, 5.41) is 0. The summed E-state index contributed by atoms with van der Waals surface area (Å²) in [4.78, 5) is 9.09. The predicted molar refractivity (Wildman–Crippen MR) is 95.9 cm³/mol. The lowest BCUT2D eigenvalue weighted by Gasteiger charge is -2.13. The van der Waals surface area contributed by atoms with E-state index in [9.17, 15) is 0 Å². The topological polar surface area (TPSA) is 78.1 Å². The summed E-state index contributed by atoms with van der Waals surface area (Å²) in [5.41, 5.74) is 10.4. The second-order valence-electron chi connectivity index (χ2n) is 6.33. The Balaban J connectivity index is 1.72. The maximum atomic E-state index is 6.02. The summed E-state index contributed by atoms with van der Waals surface area (Å²) in [6.07, 6.45) is 11.3. The molecule has 0 saturated heterocycles. The number of anilines is 1. The zero-order valence-electron chi connectivity index (χ0n) is 14.1. The molecule has 128 valence electrons. The van der Waals surface area contributed by atoms with Gasteiger partial charge in [0.25, 0.3) is 0 Å². The van der Waals surface area contributed by atoms with E-state index >= 15 is 0 Å². The lowest BCUT2D eigenvalue weighted by Crippen LogP contribution is -2.09. The van der Waals surface area contributed by atoms with Gasteiger partial charge in [-0.05, 0) is 55.5 Å². The molecule has 5 nitrogen and oxygen atoms in total. The molecule has 25 heavy (non-hydrogen) atoms. The van der Waals surface area contributed by atoms with Crippen molar-refractivity contribution in [2.75, 3.05) is 5.73 Å². The summed E-state index contributed by atoms with van der Waals surface area (Å²) in [6, 6.07) is 7.77. The van der Waals surface area contributed by atoms with E-state index in [0.29, 0.717) is 12.4 Å². The molecule has 3 heterocycles. The van der Waals surface area contributed by atoms with Crippen LogP contribution in [0.3, 0.4) is 0 Å². The number of hydrogen-bond acceptors (Lipinski definition) is 5. The van der Waals surface area contributed by atoms with E-state index < -0.39 is 0 Å². The smallest absolute Gasteiger partial charge is 0.220 e. The molecule has 0 atom stereocenters. The fraction of sp³-hybridized carbons (Fsp3) is 0.300. The summed E-state index contributed by atoms with van der Waals surface area (Å²) in [5.74, 6) is 2.17. The van der Waals surface area contributed by atoms with Crippen LogP contribution < -0.4 is 5.73 Å². The van der Waals surface area contributed by atoms with Crippen LogP contribution in [0.2, 0.25) is 0 Å². The molecule has 0 spiro atoms. The minimum atomic E-state index is 0.325. The molecule has 1 aliphatic carbocycles. The Morgan fingerprint density at radius 3 is 2.52 bits per heavy atom. The molecule has 0 bridgehead atoms. The fourth-order valence-corrected chi connectivity index (χ4v) is 3.39. The van der Waals surface area contributed by atoms with Crippen molar-refractivity contribution in [3.63, 3.8) is 0 Å². The molecular weight excluding hydrogens is 314 g/mol. The molecule has 0 aliphatic heterocycles. The third kappa shape index (κ3) is 3.50. The number of furan rings is 2. The quantitative estimate of drug-likeness (QED) is 0.723. The average molecular weight is 335 g/mol. The van der Waals surface area contributed by atoms with Gasteiger partial charge in [-0.1, -0.05) is 6.08 Å². The third-order valence-electron chi connectivity index (χ3n) is 4.59. The van der Waals surface area contributed by atoms with Gasteiger partial charge in [-0.25, -0.2) is 9.97 Å². The number of aromatic nitrogens is 2. The molecule has 1 aliphatic rings. The lowest BCUT2D eigenvalue weighted by atomic mass is 10.00. The number of allylic oxidation sites excluding steroid dienone is 2. The van der Waals surface area contributed by atoms with Crippen molar-refractivity contribution >= 4 is 11.5 Å². The van der Waals surface area contributed by atoms with Crippen molar-refractivity contribution in [1.82, 2.24) is 9.97 Å². The maximum Gasteiger partial charge on any atom is 0.220 e. The van der Waals surface area contributed by atoms with Crippen molar-refractivity contribution in [2.24, 2.45) is 0 Å². The first kappa shape index (κ1) is 15.7. The molecule has 0 radical (unpaired) electrons. The van der Waals surface area contributed by atoms with Crippen LogP contribution in [0, 0.1) is 0 Å². The number of hydrogen-bond donors (Lipinski definition) is 1.